The van der Waals surface area contributed by atoms with Crippen LogP contribution in [0.15, 0.2) is 36.4 Å². The van der Waals surface area contributed by atoms with Crippen LogP contribution in [0.4, 0.5) is 5.69 Å². The molecule has 0 unspecified atom stereocenters. The van der Waals surface area contributed by atoms with Crippen LogP contribution in [-0.2, 0) is 6.42 Å². The Morgan fingerprint density at radius 1 is 1.12 bits per heavy atom. The van der Waals surface area contributed by atoms with Crippen LogP contribution in [0.25, 0.3) is 0 Å². The summed E-state index contributed by atoms with van der Waals surface area (Å²) in [5, 5.41) is 30.7. The molecule has 0 fully saturated rings. The van der Waals surface area contributed by atoms with Gasteiger partial charge in [-0.3, -0.25) is 14.9 Å². The van der Waals surface area contributed by atoms with E-state index in [1.807, 2.05) is 13.8 Å². The summed E-state index contributed by atoms with van der Waals surface area (Å²) in [6.45, 7) is 4.25. The quantitative estimate of drug-likeness (QED) is 0.344. The fraction of sp³-hybridized carbons (Fsp3) is 0.278. The third kappa shape index (κ3) is 4.47. The molecule has 0 aliphatic carbocycles. The summed E-state index contributed by atoms with van der Waals surface area (Å²) in [4.78, 5) is 22.4. The summed E-state index contributed by atoms with van der Waals surface area (Å²) < 4.78 is 5.38. The van der Waals surface area contributed by atoms with Gasteiger partial charge in [-0.15, -0.1) is 0 Å². The number of phenolic OH excluding ortho intramolecular Hbond substituents is 2. The lowest BCUT2D eigenvalue weighted by atomic mass is 10.0. The Hall–Kier alpha value is -3.09. The molecule has 0 radical (unpaired) electrons. The average molecular weight is 345 g/mol. The van der Waals surface area contributed by atoms with Crippen molar-refractivity contribution in [2.24, 2.45) is 5.92 Å². The van der Waals surface area contributed by atoms with E-state index in [1.165, 1.54) is 36.4 Å². The Morgan fingerprint density at radius 3 is 2.32 bits per heavy atom. The molecule has 0 aromatic heterocycles. The molecule has 25 heavy (non-hydrogen) atoms. The van der Waals surface area contributed by atoms with Gasteiger partial charge in [0.15, 0.2) is 17.3 Å². The van der Waals surface area contributed by atoms with E-state index < -0.39 is 22.2 Å². The number of hydrogen-bond acceptors (Lipinski definition) is 6. The standard InChI is InChI=1S/C18H19NO6/c1-11(2)10-25-16-8-7-14(17(21)18(16)22)15(20)9-12-3-5-13(6-4-12)19(23)24/h3-8,11,21-22H,9-10H2,1-2H3. The van der Waals surface area contributed by atoms with Crippen LogP contribution in [0.5, 0.6) is 17.2 Å². The van der Waals surface area contributed by atoms with Crippen LogP contribution in [0.1, 0.15) is 29.8 Å². The van der Waals surface area contributed by atoms with E-state index in [2.05, 4.69) is 0 Å². The Balaban J connectivity index is 2.16. The van der Waals surface area contributed by atoms with E-state index >= 15 is 0 Å². The van der Waals surface area contributed by atoms with E-state index in [0.717, 1.165) is 0 Å². The summed E-state index contributed by atoms with van der Waals surface area (Å²) >= 11 is 0. The number of carbonyl (C=O) groups is 1. The summed E-state index contributed by atoms with van der Waals surface area (Å²) in [6, 6.07) is 8.39. The smallest absolute Gasteiger partial charge is 0.269 e. The number of benzene rings is 2. The third-order valence-electron chi connectivity index (χ3n) is 3.50. The normalized spacial score (nSPS) is 10.7. The predicted molar refractivity (Wildman–Crippen MR) is 91.2 cm³/mol. The predicted octanol–water partition coefficient (Wildman–Crippen LogP) is 3.47. The number of rotatable bonds is 7. The number of nitro benzene ring substituents is 1. The molecule has 0 amide bonds. The highest BCUT2D eigenvalue weighted by molar-refractivity contribution is 6.01. The zero-order valence-corrected chi connectivity index (χ0v) is 13.9. The van der Waals surface area contributed by atoms with Crippen LogP contribution >= 0.6 is 0 Å². The van der Waals surface area contributed by atoms with E-state index in [4.69, 9.17) is 4.74 Å². The van der Waals surface area contributed by atoms with Crippen molar-refractivity contribution < 1.29 is 24.7 Å². The van der Waals surface area contributed by atoms with Gasteiger partial charge in [-0.25, -0.2) is 0 Å². The molecule has 0 saturated heterocycles. The highest BCUT2D eigenvalue weighted by Gasteiger charge is 2.19. The van der Waals surface area contributed by atoms with Crippen LogP contribution in [0.3, 0.4) is 0 Å². The molecule has 2 N–H and O–H groups in total. The zero-order chi connectivity index (χ0) is 18.6. The van der Waals surface area contributed by atoms with Gasteiger partial charge in [0.25, 0.3) is 5.69 Å². The first-order valence-corrected chi connectivity index (χ1v) is 7.73. The van der Waals surface area contributed by atoms with Crippen molar-refractivity contribution in [3.8, 4) is 17.2 Å². The summed E-state index contributed by atoms with van der Waals surface area (Å²) in [5.41, 5.74) is 0.464. The topological polar surface area (TPSA) is 110 Å². The van der Waals surface area contributed by atoms with E-state index in [1.54, 1.807) is 0 Å². The average Bonchev–Trinajstić information content (AvgIpc) is 2.56. The molecular weight excluding hydrogens is 326 g/mol. The first-order valence-electron chi connectivity index (χ1n) is 7.73. The first-order chi connectivity index (χ1) is 11.8. The molecule has 0 bridgehead atoms. The largest absolute Gasteiger partial charge is 0.504 e. The van der Waals surface area contributed by atoms with Gasteiger partial charge in [0.2, 0.25) is 5.75 Å². The second-order valence-electron chi connectivity index (χ2n) is 6.04. The molecule has 7 nitrogen and oxygen atoms in total. The first kappa shape index (κ1) is 18.3. The lowest BCUT2D eigenvalue weighted by molar-refractivity contribution is -0.384. The Labute approximate surface area is 144 Å². The molecule has 0 saturated carbocycles. The van der Waals surface area contributed by atoms with Crippen LogP contribution in [-0.4, -0.2) is 27.5 Å². The van der Waals surface area contributed by atoms with E-state index in [-0.39, 0.29) is 29.3 Å². The van der Waals surface area contributed by atoms with Crippen molar-refractivity contribution in [1.29, 1.82) is 0 Å². The molecule has 2 rings (SSSR count). The second kappa shape index (κ2) is 7.65. The number of phenols is 2. The van der Waals surface area contributed by atoms with Gasteiger partial charge >= 0.3 is 0 Å². The van der Waals surface area contributed by atoms with Crippen molar-refractivity contribution in [2.75, 3.05) is 6.61 Å². The molecule has 0 aliphatic rings. The number of Topliss-reactive ketones (excluding diaryl/α,β-unsaturated/α-hetero) is 1. The lowest BCUT2D eigenvalue weighted by Crippen LogP contribution is -2.07. The van der Waals surface area contributed by atoms with E-state index in [9.17, 15) is 25.1 Å². The lowest BCUT2D eigenvalue weighted by Gasteiger charge is -2.13. The molecule has 2 aromatic carbocycles. The Bertz CT molecular complexity index is 783. The number of ether oxygens (including phenoxy) is 1. The molecule has 0 aliphatic heterocycles. The van der Waals surface area contributed by atoms with Crippen LogP contribution in [0.2, 0.25) is 0 Å². The number of aromatic hydroxyl groups is 2. The monoisotopic (exact) mass is 345 g/mol. The fourth-order valence-corrected chi connectivity index (χ4v) is 2.18. The number of non-ortho nitro benzene ring substituents is 1. The van der Waals surface area contributed by atoms with Crippen molar-refractivity contribution in [2.45, 2.75) is 20.3 Å². The molecule has 0 spiro atoms. The van der Waals surface area contributed by atoms with Crippen LogP contribution in [0, 0.1) is 16.0 Å². The highest BCUT2D eigenvalue weighted by Crippen LogP contribution is 2.38. The van der Waals surface area contributed by atoms with E-state index in [0.29, 0.717) is 12.2 Å². The van der Waals surface area contributed by atoms with Crippen LogP contribution < -0.4 is 4.74 Å². The zero-order valence-electron chi connectivity index (χ0n) is 13.9. The molecule has 132 valence electrons. The number of nitrogens with zero attached hydrogens (tertiary/aromatic N) is 1. The van der Waals surface area contributed by atoms with Gasteiger partial charge < -0.3 is 14.9 Å². The van der Waals surface area contributed by atoms with Gasteiger partial charge in [0.1, 0.15) is 0 Å². The van der Waals surface area contributed by atoms with Gasteiger partial charge in [-0.2, -0.15) is 0 Å². The number of hydrogen-bond donors (Lipinski definition) is 2. The Kier molecular flexibility index (Phi) is 5.59. The number of nitro groups is 1. The maximum Gasteiger partial charge on any atom is 0.269 e. The second-order valence-corrected chi connectivity index (χ2v) is 6.04. The SMILES string of the molecule is CC(C)COc1ccc(C(=O)Cc2ccc([N+](=O)[O-])cc2)c(O)c1O. The summed E-state index contributed by atoms with van der Waals surface area (Å²) in [7, 11) is 0. The Morgan fingerprint density at radius 2 is 1.76 bits per heavy atom. The maximum atomic E-state index is 12.3. The fourth-order valence-electron chi connectivity index (χ4n) is 2.18. The summed E-state index contributed by atoms with van der Waals surface area (Å²) in [6.07, 6.45) is -0.0583. The molecule has 0 heterocycles. The highest BCUT2D eigenvalue weighted by atomic mass is 16.6. The van der Waals surface area contributed by atoms with Crippen molar-refractivity contribution in [1.82, 2.24) is 0 Å². The van der Waals surface area contributed by atoms with Gasteiger partial charge in [0, 0.05) is 18.6 Å². The number of ketones is 1. The van der Waals surface area contributed by atoms with Crippen molar-refractivity contribution in [3.05, 3.63) is 57.6 Å². The molecule has 0 atom stereocenters. The molecular formula is C18H19NO6. The molecule has 2 aromatic rings. The van der Waals surface area contributed by atoms with Crippen molar-refractivity contribution in [3.63, 3.8) is 0 Å². The minimum Gasteiger partial charge on any atom is -0.504 e. The van der Waals surface area contributed by atoms with Gasteiger partial charge in [-0.05, 0) is 23.6 Å². The molecule has 7 heteroatoms. The third-order valence-corrected chi connectivity index (χ3v) is 3.50. The van der Waals surface area contributed by atoms with Gasteiger partial charge in [0.05, 0.1) is 17.1 Å². The minimum absolute atomic E-state index is 0.0345. The summed E-state index contributed by atoms with van der Waals surface area (Å²) in [5.74, 6) is -1.08. The minimum atomic E-state index is -0.534. The van der Waals surface area contributed by atoms with Gasteiger partial charge in [-0.1, -0.05) is 26.0 Å². The van der Waals surface area contributed by atoms with Crippen molar-refractivity contribution >= 4 is 11.5 Å². The maximum absolute atomic E-state index is 12.3. The number of carbonyl (C=O) groups excluding carboxylic acids is 1.